The second-order valence-corrected chi connectivity index (χ2v) is 3.13. The SMILES string of the molecule is Cn1cc(-c2ccc(F)c(C=O)c2)nn1. The molecule has 0 radical (unpaired) electrons. The first-order chi connectivity index (χ1) is 7.20. The maximum Gasteiger partial charge on any atom is 0.153 e. The van der Waals surface area contributed by atoms with Crippen LogP contribution in [0.15, 0.2) is 24.4 Å². The Labute approximate surface area is 85.3 Å². The zero-order chi connectivity index (χ0) is 10.8. The molecule has 2 aromatic rings. The monoisotopic (exact) mass is 205 g/mol. The van der Waals surface area contributed by atoms with E-state index in [1.807, 2.05) is 0 Å². The van der Waals surface area contributed by atoms with Crippen LogP contribution in [0.1, 0.15) is 10.4 Å². The first-order valence-corrected chi connectivity index (χ1v) is 4.32. The molecule has 2 rings (SSSR count). The first-order valence-electron chi connectivity index (χ1n) is 4.32. The number of aryl methyl sites for hydroxylation is 1. The molecular weight excluding hydrogens is 197 g/mol. The molecule has 0 N–H and O–H groups in total. The molecule has 4 nitrogen and oxygen atoms in total. The van der Waals surface area contributed by atoms with Crippen LogP contribution in [0.3, 0.4) is 0 Å². The molecule has 76 valence electrons. The van der Waals surface area contributed by atoms with Gasteiger partial charge < -0.3 is 0 Å². The van der Waals surface area contributed by atoms with Crippen molar-refractivity contribution >= 4 is 6.29 Å². The molecular formula is C10H8FN3O. The minimum atomic E-state index is -0.530. The Morgan fingerprint density at radius 1 is 1.47 bits per heavy atom. The second-order valence-electron chi connectivity index (χ2n) is 3.13. The van der Waals surface area contributed by atoms with Crippen molar-refractivity contribution in [3.05, 3.63) is 35.8 Å². The Hall–Kier alpha value is -2.04. The van der Waals surface area contributed by atoms with E-state index >= 15 is 0 Å². The van der Waals surface area contributed by atoms with E-state index in [1.54, 1.807) is 24.0 Å². The summed E-state index contributed by atoms with van der Waals surface area (Å²) in [6.07, 6.45) is 2.18. The number of rotatable bonds is 2. The van der Waals surface area contributed by atoms with Crippen LogP contribution in [0, 0.1) is 5.82 Å². The lowest BCUT2D eigenvalue weighted by Gasteiger charge is -1.98. The minimum absolute atomic E-state index is 0.0261. The molecule has 0 amide bonds. The van der Waals surface area contributed by atoms with E-state index < -0.39 is 5.82 Å². The standard InChI is InChI=1S/C10H8FN3O/c1-14-5-10(12-13-14)7-2-3-9(11)8(4-7)6-15/h2-6H,1H3. The Bertz CT molecular complexity index is 507. The van der Waals surface area contributed by atoms with E-state index in [9.17, 15) is 9.18 Å². The van der Waals surface area contributed by atoms with Crippen molar-refractivity contribution in [3.8, 4) is 11.3 Å². The minimum Gasteiger partial charge on any atom is -0.298 e. The normalized spacial score (nSPS) is 10.3. The Kier molecular flexibility index (Phi) is 2.29. The lowest BCUT2D eigenvalue weighted by molar-refractivity contribution is 0.112. The smallest absolute Gasteiger partial charge is 0.153 e. The summed E-state index contributed by atoms with van der Waals surface area (Å²) in [5, 5.41) is 7.62. The summed E-state index contributed by atoms with van der Waals surface area (Å²) >= 11 is 0. The van der Waals surface area contributed by atoms with Crippen LogP contribution in [0.25, 0.3) is 11.3 Å². The maximum absolute atomic E-state index is 13.0. The highest BCUT2D eigenvalue weighted by atomic mass is 19.1. The van der Waals surface area contributed by atoms with Gasteiger partial charge in [-0.05, 0) is 18.2 Å². The van der Waals surface area contributed by atoms with Crippen molar-refractivity contribution in [2.75, 3.05) is 0 Å². The molecule has 0 bridgehead atoms. The van der Waals surface area contributed by atoms with E-state index in [4.69, 9.17) is 0 Å². The third kappa shape index (κ3) is 1.76. The topological polar surface area (TPSA) is 47.8 Å². The van der Waals surface area contributed by atoms with E-state index in [0.29, 0.717) is 17.5 Å². The average molecular weight is 205 g/mol. The van der Waals surface area contributed by atoms with Gasteiger partial charge in [-0.25, -0.2) is 4.39 Å². The van der Waals surface area contributed by atoms with Gasteiger partial charge in [0.05, 0.1) is 11.8 Å². The molecule has 0 unspecified atom stereocenters. The molecule has 0 atom stereocenters. The molecule has 5 heteroatoms. The molecule has 0 aliphatic carbocycles. The van der Waals surface area contributed by atoms with E-state index in [2.05, 4.69) is 10.3 Å². The third-order valence-electron chi connectivity index (χ3n) is 2.02. The van der Waals surface area contributed by atoms with E-state index in [0.717, 1.165) is 0 Å². The highest BCUT2D eigenvalue weighted by Crippen LogP contribution is 2.18. The molecule has 1 aromatic carbocycles. The highest BCUT2D eigenvalue weighted by molar-refractivity contribution is 5.78. The van der Waals surface area contributed by atoms with Crippen molar-refractivity contribution in [2.24, 2.45) is 7.05 Å². The van der Waals surface area contributed by atoms with Crippen LogP contribution in [0.4, 0.5) is 4.39 Å². The summed E-state index contributed by atoms with van der Waals surface area (Å²) < 4.78 is 14.6. The van der Waals surface area contributed by atoms with Crippen molar-refractivity contribution in [1.82, 2.24) is 15.0 Å². The number of carbonyl (C=O) groups excluding carboxylic acids is 1. The summed E-state index contributed by atoms with van der Waals surface area (Å²) in [4.78, 5) is 10.5. The van der Waals surface area contributed by atoms with E-state index in [-0.39, 0.29) is 5.56 Å². The van der Waals surface area contributed by atoms with Crippen molar-refractivity contribution in [2.45, 2.75) is 0 Å². The van der Waals surface area contributed by atoms with Gasteiger partial charge in [0.1, 0.15) is 11.5 Å². The zero-order valence-corrected chi connectivity index (χ0v) is 8.01. The predicted octanol–water partition coefficient (Wildman–Crippen LogP) is 1.43. The van der Waals surface area contributed by atoms with Crippen molar-refractivity contribution < 1.29 is 9.18 Å². The lowest BCUT2D eigenvalue weighted by atomic mass is 10.1. The van der Waals surface area contributed by atoms with Crippen LogP contribution < -0.4 is 0 Å². The predicted molar refractivity (Wildman–Crippen MR) is 51.8 cm³/mol. The largest absolute Gasteiger partial charge is 0.298 e. The number of aldehydes is 1. The molecule has 0 fully saturated rings. The van der Waals surface area contributed by atoms with Crippen molar-refractivity contribution in [1.29, 1.82) is 0 Å². The van der Waals surface area contributed by atoms with Crippen LogP contribution in [-0.4, -0.2) is 21.3 Å². The zero-order valence-electron chi connectivity index (χ0n) is 8.01. The van der Waals surface area contributed by atoms with Crippen LogP contribution in [0.2, 0.25) is 0 Å². The molecule has 1 heterocycles. The highest BCUT2D eigenvalue weighted by Gasteiger charge is 2.06. The number of benzene rings is 1. The molecule has 0 aliphatic rings. The van der Waals surface area contributed by atoms with Crippen LogP contribution in [0.5, 0.6) is 0 Å². The summed E-state index contributed by atoms with van der Waals surface area (Å²) in [5.74, 6) is -0.530. The Morgan fingerprint density at radius 2 is 2.27 bits per heavy atom. The van der Waals surface area contributed by atoms with Crippen LogP contribution in [-0.2, 0) is 7.05 Å². The fraction of sp³-hybridized carbons (Fsp3) is 0.100. The molecule has 0 aliphatic heterocycles. The third-order valence-corrected chi connectivity index (χ3v) is 2.02. The fourth-order valence-corrected chi connectivity index (χ4v) is 1.27. The van der Waals surface area contributed by atoms with Gasteiger partial charge in [-0.1, -0.05) is 5.21 Å². The molecule has 0 saturated carbocycles. The lowest BCUT2D eigenvalue weighted by Crippen LogP contribution is -1.88. The van der Waals surface area contributed by atoms with Gasteiger partial charge in [0.2, 0.25) is 0 Å². The maximum atomic E-state index is 13.0. The van der Waals surface area contributed by atoms with Gasteiger partial charge in [0, 0.05) is 12.6 Å². The molecule has 0 spiro atoms. The Morgan fingerprint density at radius 3 is 2.87 bits per heavy atom. The van der Waals surface area contributed by atoms with Crippen LogP contribution >= 0.6 is 0 Å². The quantitative estimate of drug-likeness (QED) is 0.697. The Balaban J connectivity index is 2.50. The summed E-state index contributed by atoms with van der Waals surface area (Å²) in [6.45, 7) is 0. The second kappa shape index (κ2) is 3.61. The van der Waals surface area contributed by atoms with Gasteiger partial charge in [-0.3, -0.25) is 9.48 Å². The summed E-state index contributed by atoms with van der Waals surface area (Å²) in [5.41, 5.74) is 1.31. The van der Waals surface area contributed by atoms with Gasteiger partial charge >= 0.3 is 0 Å². The van der Waals surface area contributed by atoms with Gasteiger partial charge in [0.25, 0.3) is 0 Å². The number of aromatic nitrogens is 3. The van der Waals surface area contributed by atoms with E-state index in [1.165, 1.54) is 12.1 Å². The molecule has 0 saturated heterocycles. The number of nitrogens with zero attached hydrogens (tertiary/aromatic N) is 3. The van der Waals surface area contributed by atoms with Gasteiger partial charge in [0.15, 0.2) is 6.29 Å². The van der Waals surface area contributed by atoms with Gasteiger partial charge in [-0.2, -0.15) is 0 Å². The number of hydrogen-bond donors (Lipinski definition) is 0. The number of halogens is 1. The summed E-state index contributed by atoms with van der Waals surface area (Å²) in [6, 6.07) is 4.26. The first kappa shape index (κ1) is 9.51. The fourth-order valence-electron chi connectivity index (χ4n) is 1.27. The molecule has 15 heavy (non-hydrogen) atoms. The van der Waals surface area contributed by atoms with Gasteiger partial charge in [-0.15, -0.1) is 5.10 Å². The van der Waals surface area contributed by atoms with Crippen molar-refractivity contribution in [3.63, 3.8) is 0 Å². The number of carbonyl (C=O) groups is 1. The summed E-state index contributed by atoms with van der Waals surface area (Å²) in [7, 11) is 1.74. The molecule has 1 aromatic heterocycles. The average Bonchev–Trinajstić information content (AvgIpc) is 2.66. The number of hydrogen-bond acceptors (Lipinski definition) is 3.